The molecular formula is C126H111N9. The lowest BCUT2D eigenvalue weighted by atomic mass is 9.99. The Labute approximate surface area is 796 Å². The zero-order valence-corrected chi connectivity index (χ0v) is 79.6. The minimum atomic E-state index is 0.892. The van der Waals surface area contributed by atoms with E-state index in [1.165, 1.54) is 94.6 Å². The fraction of sp³-hybridized carbons (Fsp3) is 0.119. The molecule has 0 aliphatic heterocycles. The maximum Gasteiger partial charge on any atom is 0.0899 e. The first-order valence-corrected chi connectivity index (χ1v) is 46.0. The van der Waals surface area contributed by atoms with Crippen molar-refractivity contribution in [1.82, 2.24) is 44.9 Å². The van der Waals surface area contributed by atoms with E-state index >= 15 is 0 Å². The van der Waals surface area contributed by atoms with Gasteiger partial charge in [0, 0.05) is 80.6 Å². The van der Waals surface area contributed by atoms with Crippen molar-refractivity contribution in [3.63, 3.8) is 0 Å². The minimum Gasteiger partial charge on any atom is -0.261 e. The third kappa shape index (κ3) is 24.5. The molecule has 20 rings (SSSR count). The molecule has 660 valence electrons. The summed E-state index contributed by atoms with van der Waals surface area (Å²) in [4.78, 5) is 42.9. The zero-order valence-electron chi connectivity index (χ0n) is 79.6. The Balaban J connectivity index is 0.000000123. The average Bonchev–Trinajstić information content (AvgIpc) is 0.816. The topological polar surface area (TPSA) is 116 Å². The molecule has 135 heavy (non-hydrogen) atoms. The molecule has 0 atom stereocenters. The van der Waals surface area contributed by atoms with Crippen molar-refractivity contribution < 1.29 is 0 Å². The van der Waals surface area contributed by atoms with Crippen LogP contribution in [0.2, 0.25) is 0 Å². The number of benzene rings is 11. The molecule has 9 heteroatoms. The molecule has 11 aromatic carbocycles. The summed E-state index contributed by atoms with van der Waals surface area (Å²) in [6, 6.07) is 132. The minimum absolute atomic E-state index is 0.892. The Hall–Kier alpha value is -16.2. The lowest BCUT2D eigenvalue weighted by Gasteiger charge is -2.11. The highest BCUT2D eigenvalue weighted by molar-refractivity contribution is 5.83. The van der Waals surface area contributed by atoms with Crippen molar-refractivity contribution in [3.05, 3.63) is 484 Å². The van der Waals surface area contributed by atoms with Gasteiger partial charge in [0.05, 0.1) is 74.0 Å². The second-order valence-corrected chi connectivity index (χ2v) is 35.5. The quantitative estimate of drug-likeness (QED) is 0.0989. The predicted octanol–water partition coefficient (Wildman–Crippen LogP) is 32.6. The van der Waals surface area contributed by atoms with Crippen LogP contribution in [0.15, 0.2) is 401 Å². The predicted molar refractivity (Wildman–Crippen MR) is 565 cm³/mol. The molecule has 0 amide bonds. The Kier molecular flexibility index (Phi) is 29.2. The highest BCUT2D eigenvalue weighted by atomic mass is 14.8. The standard InChI is InChI=1S/2C26H23N.2C25H22N2.C24H21N3/c2*1-18-4-10-21(11-5-18)24-16-25(22-12-6-19(2)7-13-22)27-26(17-24)23-14-8-20(3)9-15-23;2*1-17-4-9-20(10-5-17)22-14-24(21-11-6-18(2)7-12-21)27-25(15-22)23-13-8-19(3)16-26-23;1-16-4-8-19(9-5-16)23-12-21(22-11-6-17(2)14-26-22)13-24(27-23)20-10-7-18(3)25-15-20/h2*4-17H,1-3H3;2*4-16H,1-3H3;4-15H,1-3H3. The van der Waals surface area contributed by atoms with E-state index in [0.717, 1.165) is 158 Å². The van der Waals surface area contributed by atoms with Gasteiger partial charge in [0.15, 0.2) is 0 Å². The summed E-state index contributed by atoms with van der Waals surface area (Å²) in [6.07, 6.45) is 7.56. The van der Waals surface area contributed by atoms with E-state index in [1.807, 2.05) is 70.7 Å². The highest BCUT2D eigenvalue weighted by Crippen LogP contribution is 2.38. The molecule has 9 nitrogen and oxygen atoms in total. The number of nitrogens with zero attached hydrogens (tertiary/aromatic N) is 9. The second-order valence-electron chi connectivity index (χ2n) is 35.5. The van der Waals surface area contributed by atoms with Crippen LogP contribution in [0.5, 0.6) is 0 Å². The maximum atomic E-state index is 4.98. The summed E-state index contributed by atoms with van der Waals surface area (Å²) in [6.45, 7) is 31.3. The van der Waals surface area contributed by atoms with Gasteiger partial charge in [0.25, 0.3) is 0 Å². The number of rotatable bonds is 15. The maximum absolute atomic E-state index is 4.98. The molecule has 0 aliphatic rings. The Morgan fingerprint density at radius 1 is 0.104 bits per heavy atom. The van der Waals surface area contributed by atoms with Gasteiger partial charge in [-0.05, 0) is 256 Å². The molecule has 0 N–H and O–H groups in total. The van der Waals surface area contributed by atoms with Crippen LogP contribution in [0.1, 0.15) is 83.6 Å². The molecule has 0 radical (unpaired) electrons. The van der Waals surface area contributed by atoms with Crippen LogP contribution in [0, 0.1) is 104 Å². The van der Waals surface area contributed by atoms with Crippen LogP contribution < -0.4 is 0 Å². The van der Waals surface area contributed by atoms with Crippen molar-refractivity contribution in [3.8, 4) is 169 Å². The summed E-state index contributed by atoms with van der Waals surface area (Å²) in [7, 11) is 0. The summed E-state index contributed by atoms with van der Waals surface area (Å²) in [5, 5.41) is 0. The fourth-order valence-electron chi connectivity index (χ4n) is 15.5. The van der Waals surface area contributed by atoms with Crippen molar-refractivity contribution in [1.29, 1.82) is 0 Å². The molecule has 0 aliphatic carbocycles. The molecule has 20 aromatic rings. The van der Waals surface area contributed by atoms with Crippen LogP contribution in [0.4, 0.5) is 0 Å². The van der Waals surface area contributed by atoms with Gasteiger partial charge in [-0.1, -0.05) is 346 Å². The van der Waals surface area contributed by atoms with Gasteiger partial charge in [-0.3, -0.25) is 19.9 Å². The number of hydrogen-bond acceptors (Lipinski definition) is 9. The molecule has 0 fully saturated rings. The molecule has 0 saturated carbocycles. The lowest BCUT2D eigenvalue weighted by Crippen LogP contribution is -1.93. The summed E-state index contributed by atoms with van der Waals surface area (Å²) in [5.74, 6) is 0. The van der Waals surface area contributed by atoms with Gasteiger partial charge >= 0.3 is 0 Å². The Morgan fingerprint density at radius 2 is 0.267 bits per heavy atom. The third-order valence-electron chi connectivity index (χ3n) is 23.9. The fourth-order valence-corrected chi connectivity index (χ4v) is 15.5. The largest absolute Gasteiger partial charge is 0.261 e. The lowest BCUT2D eigenvalue weighted by molar-refractivity contribution is 1.19. The normalized spacial score (nSPS) is 10.8. The molecule has 0 spiro atoms. The molecule has 0 unspecified atom stereocenters. The Morgan fingerprint density at radius 3 is 0.459 bits per heavy atom. The molecule has 9 heterocycles. The second kappa shape index (κ2) is 42.8. The van der Waals surface area contributed by atoms with Crippen LogP contribution in [0.25, 0.3) is 169 Å². The SMILES string of the molecule is Cc1ccc(-c2cc(-c3ccc(C)cc3)nc(-c3ccc(C)cc3)c2)cc1.Cc1ccc(-c2cc(-c3ccc(C)cc3)nc(-c3ccc(C)cc3)c2)cc1.Cc1ccc(-c2cc(-c3ccc(C)cc3)nc(-c3ccc(C)cn3)c2)cc1.Cc1ccc(-c2cc(-c3ccc(C)cc3)nc(-c3ccc(C)cn3)c2)cc1.Cc1ccc(-c2cc(-c3ccc(C)cn3)cc(-c3ccc(C)nc3)n2)cc1. The summed E-state index contributed by atoms with van der Waals surface area (Å²) < 4.78 is 0. The van der Waals surface area contributed by atoms with Gasteiger partial charge in [0.2, 0.25) is 0 Å². The van der Waals surface area contributed by atoms with Crippen LogP contribution in [-0.4, -0.2) is 44.9 Å². The summed E-state index contributed by atoms with van der Waals surface area (Å²) in [5.41, 5.74) is 49.9. The van der Waals surface area contributed by atoms with Gasteiger partial charge in [-0.2, -0.15) is 0 Å². The van der Waals surface area contributed by atoms with E-state index in [9.17, 15) is 0 Å². The van der Waals surface area contributed by atoms with E-state index < -0.39 is 0 Å². The van der Waals surface area contributed by atoms with E-state index in [4.69, 9.17) is 24.9 Å². The van der Waals surface area contributed by atoms with Gasteiger partial charge in [-0.25, -0.2) is 24.9 Å². The van der Waals surface area contributed by atoms with E-state index in [1.54, 1.807) is 0 Å². The monoisotopic (exact) mass is 1750 g/mol. The molecule has 9 aromatic heterocycles. The van der Waals surface area contributed by atoms with Crippen LogP contribution >= 0.6 is 0 Å². The Bertz CT molecular complexity index is 5580. The smallest absolute Gasteiger partial charge is 0.0899 e. The third-order valence-corrected chi connectivity index (χ3v) is 23.9. The van der Waals surface area contributed by atoms with Gasteiger partial charge in [0.1, 0.15) is 0 Å². The van der Waals surface area contributed by atoms with Crippen molar-refractivity contribution in [2.24, 2.45) is 0 Å². The van der Waals surface area contributed by atoms with E-state index in [0.29, 0.717) is 0 Å². The first kappa shape index (κ1) is 92.1. The molecule has 0 saturated heterocycles. The number of aromatic nitrogens is 9. The van der Waals surface area contributed by atoms with E-state index in [-0.39, 0.29) is 0 Å². The highest BCUT2D eigenvalue weighted by Gasteiger charge is 2.18. The van der Waals surface area contributed by atoms with Crippen LogP contribution in [0.3, 0.4) is 0 Å². The number of aryl methyl sites for hydroxylation is 15. The number of pyridine rings is 9. The molecule has 0 bridgehead atoms. The summed E-state index contributed by atoms with van der Waals surface area (Å²) >= 11 is 0. The zero-order chi connectivity index (χ0) is 94.0. The van der Waals surface area contributed by atoms with Crippen LogP contribution in [-0.2, 0) is 0 Å². The first-order valence-electron chi connectivity index (χ1n) is 46.0. The van der Waals surface area contributed by atoms with Gasteiger partial charge < -0.3 is 0 Å². The average molecular weight is 1750 g/mol. The van der Waals surface area contributed by atoms with E-state index in [2.05, 4.69) is 454 Å². The molecular weight excluding hydrogens is 1640 g/mol. The van der Waals surface area contributed by atoms with Crippen molar-refractivity contribution in [2.75, 3.05) is 0 Å². The number of hydrogen-bond donors (Lipinski definition) is 0. The van der Waals surface area contributed by atoms with Crippen molar-refractivity contribution in [2.45, 2.75) is 104 Å². The van der Waals surface area contributed by atoms with Crippen molar-refractivity contribution >= 4 is 0 Å². The van der Waals surface area contributed by atoms with Gasteiger partial charge in [-0.15, -0.1) is 0 Å². The first-order chi connectivity index (χ1) is 65.4.